The van der Waals surface area contributed by atoms with Gasteiger partial charge in [0.25, 0.3) is 0 Å². The number of carbonyl (C=O) groups is 3. The van der Waals surface area contributed by atoms with Crippen LogP contribution in [0, 0.1) is 11.8 Å². The Balaban J connectivity index is 1.82. The number of aryl methyl sites for hydroxylation is 1. The van der Waals surface area contributed by atoms with Gasteiger partial charge in [0.1, 0.15) is 5.00 Å². The zero-order chi connectivity index (χ0) is 18.8. The summed E-state index contributed by atoms with van der Waals surface area (Å²) < 4.78 is 10.7. The number of amides is 1. The fraction of sp³-hybridized carbons (Fsp3) is 0.611. The number of carbonyl (C=O) groups excluding carboxylic acids is 2. The van der Waals surface area contributed by atoms with Gasteiger partial charge in [-0.25, -0.2) is 4.79 Å². The van der Waals surface area contributed by atoms with E-state index in [0.29, 0.717) is 23.4 Å². The molecule has 1 aromatic rings. The number of esters is 1. The SMILES string of the molecule is CCCc1cc(C(=O)OCC)c(NC(=O)[C@H]2[C@@H](C(=O)O)[C@H]3CC[C@@H]2O3)s1. The monoisotopic (exact) mass is 381 g/mol. The Morgan fingerprint density at radius 2 is 1.96 bits per heavy atom. The summed E-state index contributed by atoms with van der Waals surface area (Å²) in [6, 6.07) is 1.74. The van der Waals surface area contributed by atoms with Crippen molar-refractivity contribution in [1.82, 2.24) is 0 Å². The van der Waals surface area contributed by atoms with Crippen molar-refractivity contribution in [3.05, 3.63) is 16.5 Å². The number of aliphatic carboxylic acids is 1. The number of carboxylic acid groups (broad SMARTS) is 1. The summed E-state index contributed by atoms with van der Waals surface area (Å²) in [5, 5.41) is 12.7. The maximum atomic E-state index is 12.8. The molecular formula is C18H23NO6S. The van der Waals surface area contributed by atoms with Crippen molar-refractivity contribution in [2.45, 2.75) is 51.7 Å². The number of hydrogen-bond acceptors (Lipinski definition) is 6. The first-order chi connectivity index (χ1) is 12.5. The van der Waals surface area contributed by atoms with Gasteiger partial charge in [0, 0.05) is 4.88 Å². The van der Waals surface area contributed by atoms with Crippen molar-refractivity contribution in [3.8, 4) is 0 Å². The first kappa shape index (κ1) is 18.8. The van der Waals surface area contributed by atoms with Crippen LogP contribution in [-0.2, 0) is 25.5 Å². The third-order valence-electron chi connectivity index (χ3n) is 4.87. The van der Waals surface area contributed by atoms with E-state index in [1.807, 2.05) is 6.92 Å². The van der Waals surface area contributed by atoms with Gasteiger partial charge in [-0.05, 0) is 32.3 Å². The quantitative estimate of drug-likeness (QED) is 0.704. The summed E-state index contributed by atoms with van der Waals surface area (Å²) in [7, 11) is 0. The molecule has 7 nitrogen and oxygen atoms in total. The summed E-state index contributed by atoms with van der Waals surface area (Å²) in [6.07, 6.45) is 2.28. The number of hydrogen-bond donors (Lipinski definition) is 2. The molecule has 2 aliphatic heterocycles. The second-order valence-corrected chi connectivity index (χ2v) is 7.73. The van der Waals surface area contributed by atoms with Crippen molar-refractivity contribution < 1.29 is 29.0 Å². The second kappa shape index (κ2) is 7.75. The van der Waals surface area contributed by atoms with E-state index in [0.717, 1.165) is 17.7 Å². The summed E-state index contributed by atoms with van der Waals surface area (Å²) in [5.74, 6) is -3.48. The average molecular weight is 381 g/mol. The molecule has 2 saturated heterocycles. The molecule has 0 aliphatic carbocycles. The van der Waals surface area contributed by atoms with Crippen LogP contribution in [0.25, 0.3) is 0 Å². The van der Waals surface area contributed by atoms with Crippen LogP contribution < -0.4 is 5.32 Å². The Hall–Kier alpha value is -1.93. The van der Waals surface area contributed by atoms with Gasteiger partial charge >= 0.3 is 11.9 Å². The lowest BCUT2D eigenvalue weighted by atomic mass is 9.79. The van der Waals surface area contributed by atoms with Crippen molar-refractivity contribution in [2.75, 3.05) is 11.9 Å². The molecule has 2 aliphatic rings. The van der Waals surface area contributed by atoms with E-state index in [4.69, 9.17) is 9.47 Å². The average Bonchev–Trinajstić information content (AvgIpc) is 3.29. The van der Waals surface area contributed by atoms with Gasteiger partial charge in [-0.15, -0.1) is 11.3 Å². The summed E-state index contributed by atoms with van der Waals surface area (Å²) >= 11 is 1.33. The maximum absolute atomic E-state index is 12.8. The minimum Gasteiger partial charge on any atom is -0.481 e. The molecule has 2 bridgehead atoms. The zero-order valence-electron chi connectivity index (χ0n) is 14.8. The molecule has 1 aromatic heterocycles. The van der Waals surface area contributed by atoms with Gasteiger partial charge in [-0.2, -0.15) is 0 Å². The fourth-order valence-corrected chi connectivity index (χ4v) is 4.93. The van der Waals surface area contributed by atoms with Gasteiger partial charge in [-0.1, -0.05) is 13.3 Å². The van der Waals surface area contributed by atoms with E-state index >= 15 is 0 Å². The van der Waals surface area contributed by atoms with Crippen LogP contribution in [0.2, 0.25) is 0 Å². The van der Waals surface area contributed by atoms with Crippen molar-refractivity contribution in [1.29, 1.82) is 0 Å². The lowest BCUT2D eigenvalue weighted by Gasteiger charge is -2.23. The number of ether oxygens (including phenoxy) is 2. The molecule has 142 valence electrons. The van der Waals surface area contributed by atoms with Crippen LogP contribution in [0.5, 0.6) is 0 Å². The van der Waals surface area contributed by atoms with E-state index in [9.17, 15) is 19.5 Å². The minimum atomic E-state index is -1.01. The Kier molecular flexibility index (Phi) is 5.62. The predicted molar refractivity (Wildman–Crippen MR) is 95.4 cm³/mol. The second-order valence-electron chi connectivity index (χ2n) is 6.60. The number of carboxylic acids is 1. The fourth-order valence-electron chi connectivity index (χ4n) is 3.78. The molecule has 1 amide bonds. The highest BCUT2D eigenvalue weighted by Crippen LogP contribution is 2.44. The number of thiophene rings is 1. The number of nitrogens with one attached hydrogen (secondary N) is 1. The van der Waals surface area contributed by atoms with E-state index < -0.39 is 35.8 Å². The van der Waals surface area contributed by atoms with Gasteiger partial charge in [0.05, 0.1) is 36.2 Å². The van der Waals surface area contributed by atoms with E-state index in [-0.39, 0.29) is 12.7 Å². The van der Waals surface area contributed by atoms with Gasteiger partial charge in [-0.3, -0.25) is 9.59 Å². The third kappa shape index (κ3) is 3.48. The van der Waals surface area contributed by atoms with E-state index in [1.165, 1.54) is 11.3 Å². The highest BCUT2D eigenvalue weighted by atomic mass is 32.1. The first-order valence-corrected chi connectivity index (χ1v) is 9.76. The molecule has 0 radical (unpaired) electrons. The smallest absolute Gasteiger partial charge is 0.341 e. The van der Waals surface area contributed by atoms with Crippen LogP contribution >= 0.6 is 11.3 Å². The molecule has 2 fully saturated rings. The van der Waals surface area contributed by atoms with Crippen LogP contribution in [0.4, 0.5) is 5.00 Å². The predicted octanol–water partition coefficient (Wildman–Crippen LogP) is 2.69. The van der Waals surface area contributed by atoms with Gasteiger partial charge < -0.3 is 19.9 Å². The number of fused-ring (bicyclic) bond motifs is 2. The van der Waals surface area contributed by atoms with Gasteiger partial charge in [0.2, 0.25) is 5.91 Å². The molecule has 4 atom stereocenters. The molecule has 0 unspecified atom stereocenters. The first-order valence-electron chi connectivity index (χ1n) is 8.95. The van der Waals surface area contributed by atoms with Crippen LogP contribution in [0.15, 0.2) is 6.07 Å². The van der Waals surface area contributed by atoms with Crippen LogP contribution in [0.3, 0.4) is 0 Å². The number of anilines is 1. The highest BCUT2D eigenvalue weighted by molar-refractivity contribution is 7.16. The molecular weight excluding hydrogens is 358 g/mol. The molecule has 0 saturated carbocycles. The van der Waals surface area contributed by atoms with E-state index in [1.54, 1.807) is 13.0 Å². The molecule has 0 spiro atoms. The molecule has 3 rings (SSSR count). The van der Waals surface area contributed by atoms with Crippen LogP contribution in [-0.4, -0.2) is 41.8 Å². The molecule has 2 N–H and O–H groups in total. The highest BCUT2D eigenvalue weighted by Gasteiger charge is 2.55. The summed E-state index contributed by atoms with van der Waals surface area (Å²) in [6.45, 7) is 4.00. The normalized spacial score (nSPS) is 26.7. The van der Waals surface area contributed by atoms with Crippen molar-refractivity contribution >= 4 is 34.2 Å². The van der Waals surface area contributed by atoms with Crippen LogP contribution in [0.1, 0.15) is 48.3 Å². The zero-order valence-corrected chi connectivity index (χ0v) is 15.6. The lowest BCUT2D eigenvalue weighted by molar-refractivity contribution is -0.147. The minimum absolute atomic E-state index is 0.243. The largest absolute Gasteiger partial charge is 0.481 e. The summed E-state index contributed by atoms with van der Waals surface area (Å²) in [4.78, 5) is 37.6. The summed E-state index contributed by atoms with van der Waals surface area (Å²) in [5.41, 5.74) is 0.324. The Labute approximate surface area is 155 Å². The van der Waals surface area contributed by atoms with Crippen molar-refractivity contribution in [3.63, 3.8) is 0 Å². The Morgan fingerprint density at radius 3 is 2.58 bits per heavy atom. The lowest BCUT2D eigenvalue weighted by Crippen LogP contribution is -2.41. The number of rotatable bonds is 7. The van der Waals surface area contributed by atoms with Gasteiger partial charge in [0.15, 0.2) is 0 Å². The van der Waals surface area contributed by atoms with E-state index in [2.05, 4.69) is 5.32 Å². The molecule has 3 heterocycles. The topological polar surface area (TPSA) is 102 Å². The Morgan fingerprint density at radius 1 is 1.27 bits per heavy atom. The molecule has 8 heteroatoms. The standard InChI is InChI=1S/C18H23NO6S/c1-3-5-9-8-10(18(23)24-4-2)16(26-9)19-15(20)13-11-6-7-12(25-11)14(13)17(21)22/h8,11-14H,3-7H2,1-2H3,(H,19,20)(H,21,22)/t11-,12+,13+,14-/m0/s1. The molecule has 0 aromatic carbocycles. The molecule has 26 heavy (non-hydrogen) atoms. The Bertz CT molecular complexity index is 715. The van der Waals surface area contributed by atoms with Crippen molar-refractivity contribution in [2.24, 2.45) is 11.8 Å². The third-order valence-corrected chi connectivity index (χ3v) is 5.98. The maximum Gasteiger partial charge on any atom is 0.341 e.